The number of rotatable bonds is 4. The van der Waals surface area contributed by atoms with Gasteiger partial charge in [0.2, 0.25) is 0 Å². The second-order valence-corrected chi connectivity index (χ2v) is 7.96. The molecule has 1 aliphatic carbocycles. The molecule has 2 aromatic carbocycles. The summed E-state index contributed by atoms with van der Waals surface area (Å²) in [6, 6.07) is 10.1. The second kappa shape index (κ2) is 6.14. The Morgan fingerprint density at radius 3 is 2.69 bits per heavy atom. The van der Waals surface area contributed by atoms with Crippen molar-refractivity contribution in [2.24, 2.45) is 0 Å². The molecule has 3 aromatic rings. The van der Waals surface area contributed by atoms with E-state index in [9.17, 15) is 18.5 Å². The number of benzene rings is 2. The summed E-state index contributed by atoms with van der Waals surface area (Å²) in [6.45, 7) is 0. The third kappa shape index (κ3) is 2.92. The number of furan rings is 1. The molecule has 7 nitrogen and oxygen atoms in total. The topological polar surface area (TPSA) is 102 Å². The van der Waals surface area contributed by atoms with E-state index in [2.05, 4.69) is 4.72 Å². The lowest BCUT2D eigenvalue weighted by Crippen LogP contribution is -2.13. The van der Waals surface area contributed by atoms with E-state index >= 15 is 0 Å². The second-order valence-electron chi connectivity index (χ2n) is 6.28. The van der Waals surface area contributed by atoms with Gasteiger partial charge in [-0.2, -0.15) is 0 Å². The molecule has 1 N–H and O–H groups in total. The molecule has 1 heterocycles. The summed E-state index contributed by atoms with van der Waals surface area (Å²) < 4.78 is 33.5. The Morgan fingerprint density at radius 1 is 1.08 bits per heavy atom. The van der Waals surface area contributed by atoms with Crippen LogP contribution in [0.2, 0.25) is 0 Å². The van der Waals surface area contributed by atoms with Crippen LogP contribution < -0.4 is 4.72 Å². The standard InChI is InChI=1S/C18H16N2O5S/c21-20(22)13-4-3-5-14(11-13)26(23,24)19-12-8-9-18-16(10-12)15-6-1-2-7-17(15)25-18/h3-5,8-11,19H,1-2,6-7H2. The van der Waals surface area contributed by atoms with Gasteiger partial charge < -0.3 is 4.42 Å². The Morgan fingerprint density at radius 2 is 1.88 bits per heavy atom. The summed E-state index contributed by atoms with van der Waals surface area (Å²) in [5.74, 6) is 0.977. The third-order valence-electron chi connectivity index (χ3n) is 4.55. The van der Waals surface area contributed by atoms with Gasteiger partial charge in [0.05, 0.1) is 9.82 Å². The Bertz CT molecular complexity index is 1120. The van der Waals surface area contributed by atoms with E-state index < -0.39 is 14.9 Å². The lowest BCUT2D eigenvalue weighted by Gasteiger charge is -2.10. The SMILES string of the molecule is O=[N+]([O-])c1cccc(S(=O)(=O)Nc2ccc3oc4c(c3c2)CCCC4)c1. The zero-order valence-electron chi connectivity index (χ0n) is 13.8. The number of nitrogens with zero attached hydrogens (tertiary/aromatic N) is 1. The molecule has 0 bridgehead atoms. The Kier molecular flexibility index (Phi) is 3.91. The summed E-state index contributed by atoms with van der Waals surface area (Å²) in [5.41, 5.74) is 2.02. The van der Waals surface area contributed by atoms with Crippen molar-refractivity contribution in [1.29, 1.82) is 0 Å². The first kappa shape index (κ1) is 16.6. The van der Waals surface area contributed by atoms with Crippen LogP contribution in [0.25, 0.3) is 11.0 Å². The fourth-order valence-corrected chi connectivity index (χ4v) is 4.39. The van der Waals surface area contributed by atoms with Crippen molar-refractivity contribution in [3.63, 3.8) is 0 Å². The molecule has 0 fully saturated rings. The summed E-state index contributed by atoms with van der Waals surface area (Å²) in [7, 11) is -3.93. The zero-order chi connectivity index (χ0) is 18.3. The molecule has 4 rings (SSSR count). The maximum Gasteiger partial charge on any atom is 0.270 e. The number of anilines is 1. The monoisotopic (exact) mass is 372 g/mol. The van der Waals surface area contributed by atoms with Crippen LogP contribution in [0.3, 0.4) is 0 Å². The van der Waals surface area contributed by atoms with Gasteiger partial charge >= 0.3 is 0 Å². The van der Waals surface area contributed by atoms with Crippen molar-refractivity contribution in [1.82, 2.24) is 0 Å². The fraction of sp³-hybridized carbons (Fsp3) is 0.222. The highest BCUT2D eigenvalue weighted by atomic mass is 32.2. The van der Waals surface area contributed by atoms with Crippen LogP contribution >= 0.6 is 0 Å². The van der Waals surface area contributed by atoms with Crippen LogP contribution in [0.4, 0.5) is 11.4 Å². The lowest BCUT2D eigenvalue weighted by atomic mass is 9.96. The summed E-state index contributed by atoms with van der Waals surface area (Å²) in [6.07, 6.45) is 4.01. The normalized spacial score (nSPS) is 14.2. The number of sulfonamides is 1. The van der Waals surface area contributed by atoms with Gasteiger partial charge in [-0.05, 0) is 43.5 Å². The molecule has 0 radical (unpaired) electrons. The van der Waals surface area contributed by atoms with Gasteiger partial charge in [-0.25, -0.2) is 8.42 Å². The number of fused-ring (bicyclic) bond motifs is 3. The quantitative estimate of drug-likeness (QED) is 0.550. The average molecular weight is 372 g/mol. The Balaban J connectivity index is 1.70. The molecule has 0 atom stereocenters. The van der Waals surface area contributed by atoms with Crippen molar-refractivity contribution in [2.45, 2.75) is 30.6 Å². The fourth-order valence-electron chi connectivity index (χ4n) is 3.30. The van der Waals surface area contributed by atoms with E-state index in [1.165, 1.54) is 18.2 Å². The molecule has 0 saturated carbocycles. The third-order valence-corrected chi connectivity index (χ3v) is 5.92. The number of nitro benzene ring substituents is 1. The zero-order valence-corrected chi connectivity index (χ0v) is 14.6. The number of hydrogen-bond donors (Lipinski definition) is 1. The highest BCUT2D eigenvalue weighted by Gasteiger charge is 2.20. The molecular weight excluding hydrogens is 356 g/mol. The van der Waals surface area contributed by atoms with Gasteiger partial charge in [-0.15, -0.1) is 0 Å². The van der Waals surface area contributed by atoms with Crippen molar-refractivity contribution in [3.05, 3.63) is 63.9 Å². The van der Waals surface area contributed by atoms with Gasteiger partial charge in [0.1, 0.15) is 11.3 Å². The van der Waals surface area contributed by atoms with E-state index in [0.717, 1.165) is 54.0 Å². The summed E-state index contributed by atoms with van der Waals surface area (Å²) >= 11 is 0. The van der Waals surface area contributed by atoms with Gasteiger partial charge in [-0.1, -0.05) is 6.07 Å². The smallest absolute Gasteiger partial charge is 0.270 e. The molecule has 0 unspecified atom stereocenters. The number of aryl methyl sites for hydroxylation is 2. The molecule has 0 aliphatic heterocycles. The Labute approximate surface area is 149 Å². The van der Waals surface area contributed by atoms with Crippen LogP contribution in [0.1, 0.15) is 24.2 Å². The van der Waals surface area contributed by atoms with Crippen LogP contribution in [-0.4, -0.2) is 13.3 Å². The van der Waals surface area contributed by atoms with Gasteiger partial charge in [0, 0.05) is 35.2 Å². The molecule has 1 aromatic heterocycles. The van der Waals surface area contributed by atoms with Crippen LogP contribution in [-0.2, 0) is 22.9 Å². The molecule has 8 heteroatoms. The van der Waals surface area contributed by atoms with Gasteiger partial charge in [0.25, 0.3) is 15.7 Å². The minimum Gasteiger partial charge on any atom is -0.461 e. The highest BCUT2D eigenvalue weighted by molar-refractivity contribution is 7.92. The van der Waals surface area contributed by atoms with Gasteiger partial charge in [-0.3, -0.25) is 14.8 Å². The Hall–Kier alpha value is -2.87. The van der Waals surface area contributed by atoms with Crippen molar-refractivity contribution >= 4 is 32.4 Å². The van der Waals surface area contributed by atoms with Crippen molar-refractivity contribution in [2.75, 3.05) is 4.72 Å². The van der Waals surface area contributed by atoms with Crippen LogP contribution in [0.15, 0.2) is 51.8 Å². The van der Waals surface area contributed by atoms with Crippen LogP contribution in [0, 0.1) is 10.1 Å². The maximum absolute atomic E-state index is 12.6. The molecule has 0 amide bonds. The van der Waals surface area contributed by atoms with E-state index in [-0.39, 0.29) is 10.6 Å². The van der Waals surface area contributed by atoms with E-state index in [4.69, 9.17) is 4.42 Å². The van der Waals surface area contributed by atoms with E-state index in [1.54, 1.807) is 18.2 Å². The number of non-ortho nitro benzene ring substituents is 1. The first-order valence-corrected chi connectivity index (χ1v) is 9.74. The van der Waals surface area contributed by atoms with E-state index in [1.807, 2.05) is 0 Å². The average Bonchev–Trinajstić information content (AvgIpc) is 2.99. The largest absolute Gasteiger partial charge is 0.461 e. The number of nitro groups is 1. The van der Waals surface area contributed by atoms with Crippen molar-refractivity contribution < 1.29 is 17.8 Å². The predicted octanol–water partition coefficient (Wildman–Crippen LogP) is 4.02. The highest BCUT2D eigenvalue weighted by Crippen LogP contribution is 2.34. The van der Waals surface area contributed by atoms with Crippen molar-refractivity contribution in [3.8, 4) is 0 Å². The molecule has 0 spiro atoms. The predicted molar refractivity (Wildman–Crippen MR) is 96.8 cm³/mol. The van der Waals surface area contributed by atoms with E-state index in [0.29, 0.717) is 5.69 Å². The summed E-state index contributed by atoms with van der Waals surface area (Å²) in [5, 5.41) is 11.8. The molecular formula is C18H16N2O5S. The van der Waals surface area contributed by atoms with Gasteiger partial charge in [0.15, 0.2) is 0 Å². The minimum atomic E-state index is -3.93. The number of hydrogen-bond acceptors (Lipinski definition) is 5. The van der Waals surface area contributed by atoms with Crippen LogP contribution in [0.5, 0.6) is 0 Å². The first-order chi connectivity index (χ1) is 12.4. The molecule has 0 saturated heterocycles. The summed E-state index contributed by atoms with van der Waals surface area (Å²) in [4.78, 5) is 10.1. The maximum atomic E-state index is 12.6. The first-order valence-electron chi connectivity index (χ1n) is 8.26. The number of nitrogens with one attached hydrogen (secondary N) is 1. The lowest BCUT2D eigenvalue weighted by molar-refractivity contribution is -0.385. The molecule has 26 heavy (non-hydrogen) atoms. The molecule has 134 valence electrons. The molecule has 1 aliphatic rings. The minimum absolute atomic E-state index is 0.152.